The highest BCUT2D eigenvalue weighted by Gasteiger charge is 2.37. The maximum Gasteiger partial charge on any atom is 0.143 e. The Morgan fingerprint density at radius 3 is 0.793 bits per heavy atom. The van der Waals surface area contributed by atoms with Gasteiger partial charge in [-0.15, -0.1) is 0 Å². The second-order valence-corrected chi connectivity index (χ2v) is 13.3. The Morgan fingerprint density at radius 2 is 0.552 bits per heavy atom. The quantitative estimate of drug-likeness (QED) is 0.0480. The molecule has 0 saturated heterocycles. The first-order valence-electron chi connectivity index (χ1n) is 20.9. The lowest BCUT2D eigenvalue weighted by Gasteiger charge is -2.36. The van der Waals surface area contributed by atoms with Crippen LogP contribution in [0.15, 0.2) is 91.0 Å². The van der Waals surface area contributed by atoms with Gasteiger partial charge in [-0.1, -0.05) is 111 Å². The first-order chi connectivity index (χ1) is 28.8. The summed E-state index contributed by atoms with van der Waals surface area (Å²) in [5, 5.41) is 0. The van der Waals surface area contributed by atoms with E-state index in [1.165, 1.54) is 0 Å². The Bertz CT molecular complexity index is 1210. The smallest absolute Gasteiger partial charge is 0.143 e. The summed E-state index contributed by atoms with van der Waals surface area (Å²) in [5.41, 5.74) is 2.45. The van der Waals surface area contributed by atoms with Crippen LogP contribution in [0.4, 0.5) is 0 Å². The van der Waals surface area contributed by atoms with E-state index in [0.717, 1.165) is 29.7 Å². The summed E-state index contributed by atoms with van der Waals surface area (Å²) in [4.78, 5) is 0. The van der Waals surface area contributed by atoms with Gasteiger partial charge in [-0.2, -0.15) is 0 Å². The van der Waals surface area contributed by atoms with Crippen molar-refractivity contribution in [3.63, 3.8) is 0 Å². The minimum Gasteiger partial charge on any atom is -0.379 e. The number of ether oxygens (including phenoxy) is 12. The molecule has 0 fully saturated rings. The zero-order chi connectivity index (χ0) is 40.9. The molecule has 326 valence electrons. The van der Waals surface area contributed by atoms with Crippen LogP contribution in [0.25, 0.3) is 0 Å². The van der Waals surface area contributed by atoms with Gasteiger partial charge in [0, 0.05) is 6.61 Å². The Hall–Kier alpha value is -2.82. The highest BCUT2D eigenvalue weighted by molar-refractivity contribution is 5.47. The van der Waals surface area contributed by atoms with Gasteiger partial charge in [0.1, 0.15) is 5.60 Å². The topological polar surface area (TPSA) is 111 Å². The second-order valence-electron chi connectivity index (χ2n) is 13.3. The highest BCUT2D eigenvalue weighted by Crippen LogP contribution is 2.40. The second kappa shape index (κ2) is 35.0. The zero-order valence-corrected chi connectivity index (χ0v) is 35.1. The number of benzene rings is 3. The third-order valence-electron chi connectivity index (χ3n) is 8.91. The predicted octanol–water partition coefficient (Wildman–Crippen LogP) is 6.22. The molecule has 0 bridgehead atoms. The number of hydrogen-bond donors (Lipinski definition) is 0. The minimum atomic E-state index is -0.752. The van der Waals surface area contributed by atoms with Crippen LogP contribution in [0, 0.1) is 5.92 Å². The lowest BCUT2D eigenvalue weighted by molar-refractivity contribution is -0.0399. The molecule has 0 amide bonds. The van der Waals surface area contributed by atoms with Crippen molar-refractivity contribution in [1.29, 1.82) is 0 Å². The summed E-state index contributed by atoms with van der Waals surface area (Å²) in [6.07, 6.45) is 1.13. The van der Waals surface area contributed by atoms with Gasteiger partial charge in [-0.3, -0.25) is 0 Å². The lowest BCUT2D eigenvalue weighted by atomic mass is 9.80. The predicted molar refractivity (Wildman–Crippen MR) is 224 cm³/mol. The molecule has 3 aromatic rings. The van der Waals surface area contributed by atoms with Crippen molar-refractivity contribution in [2.45, 2.75) is 25.9 Å². The van der Waals surface area contributed by atoms with Crippen molar-refractivity contribution in [2.24, 2.45) is 5.92 Å². The largest absolute Gasteiger partial charge is 0.379 e. The minimum absolute atomic E-state index is 0.416. The fourth-order valence-corrected chi connectivity index (χ4v) is 5.62. The van der Waals surface area contributed by atoms with E-state index in [4.69, 9.17) is 56.8 Å². The van der Waals surface area contributed by atoms with E-state index in [9.17, 15) is 0 Å². The molecule has 0 heterocycles. The number of hydrogen-bond acceptors (Lipinski definition) is 12. The van der Waals surface area contributed by atoms with Crippen molar-refractivity contribution >= 4 is 0 Å². The molecule has 0 radical (unpaired) electrons. The molecule has 1 unspecified atom stereocenters. The van der Waals surface area contributed by atoms with Crippen molar-refractivity contribution in [2.75, 3.05) is 152 Å². The molecule has 0 aliphatic rings. The van der Waals surface area contributed by atoms with Gasteiger partial charge in [0.2, 0.25) is 0 Å². The maximum atomic E-state index is 6.74. The molecule has 0 aliphatic heterocycles. The van der Waals surface area contributed by atoms with E-state index >= 15 is 0 Å². The standard InChI is InChI=1S/C46H70O12/c1-3-42(2)41-57-38-37-55-34-33-53-30-29-51-26-25-49-22-21-47-19-20-48-23-24-50-27-28-52-31-32-54-35-36-56-39-40-58-46(43-13-7-4-8-14-43,44-15-9-5-10-16-44)45-17-11-6-12-18-45/h4-18,42H,3,19-41H2,1-2H3. The fraction of sp³-hybridized carbons (Fsp3) is 0.609. The molecular formula is C46H70O12. The van der Waals surface area contributed by atoms with E-state index in [2.05, 4.69) is 50.2 Å². The molecule has 0 aromatic heterocycles. The normalized spacial score (nSPS) is 12.3. The highest BCUT2D eigenvalue weighted by atomic mass is 16.6. The van der Waals surface area contributed by atoms with Crippen molar-refractivity contribution in [1.82, 2.24) is 0 Å². The summed E-state index contributed by atoms with van der Waals surface area (Å²) >= 11 is 0. The molecule has 0 saturated carbocycles. The lowest BCUT2D eigenvalue weighted by Crippen LogP contribution is -2.34. The molecule has 58 heavy (non-hydrogen) atoms. The van der Waals surface area contributed by atoms with Gasteiger partial charge >= 0.3 is 0 Å². The third-order valence-corrected chi connectivity index (χ3v) is 8.91. The summed E-state index contributed by atoms with van der Waals surface area (Å²) in [6, 6.07) is 31.0. The van der Waals surface area contributed by atoms with Gasteiger partial charge in [0.15, 0.2) is 0 Å². The Balaban J connectivity index is 1.03. The Kier molecular flexibility index (Phi) is 29.9. The van der Waals surface area contributed by atoms with E-state index in [-0.39, 0.29) is 0 Å². The molecule has 3 rings (SSSR count). The number of rotatable bonds is 40. The van der Waals surface area contributed by atoms with Gasteiger partial charge in [-0.05, 0) is 22.6 Å². The van der Waals surface area contributed by atoms with Crippen LogP contribution in [0.3, 0.4) is 0 Å². The van der Waals surface area contributed by atoms with E-state index in [1.54, 1.807) is 0 Å². The van der Waals surface area contributed by atoms with Crippen LogP contribution < -0.4 is 0 Å². The van der Waals surface area contributed by atoms with E-state index < -0.39 is 5.60 Å². The molecule has 12 nitrogen and oxygen atoms in total. The van der Waals surface area contributed by atoms with Crippen molar-refractivity contribution in [3.8, 4) is 0 Å². The molecule has 12 heteroatoms. The van der Waals surface area contributed by atoms with Gasteiger partial charge < -0.3 is 56.8 Å². The molecular weight excluding hydrogens is 744 g/mol. The van der Waals surface area contributed by atoms with E-state index in [1.807, 2.05) is 54.6 Å². The fourth-order valence-electron chi connectivity index (χ4n) is 5.62. The zero-order valence-electron chi connectivity index (χ0n) is 35.1. The van der Waals surface area contributed by atoms with Gasteiger partial charge in [0.25, 0.3) is 0 Å². The Morgan fingerprint density at radius 1 is 0.328 bits per heavy atom. The van der Waals surface area contributed by atoms with Crippen LogP contribution in [0.5, 0.6) is 0 Å². The molecule has 0 N–H and O–H groups in total. The molecule has 1 atom stereocenters. The van der Waals surface area contributed by atoms with Crippen LogP contribution in [-0.2, 0) is 62.4 Å². The van der Waals surface area contributed by atoms with Crippen LogP contribution in [-0.4, -0.2) is 152 Å². The monoisotopic (exact) mass is 814 g/mol. The average Bonchev–Trinajstić information content (AvgIpc) is 3.27. The molecule has 0 spiro atoms. The van der Waals surface area contributed by atoms with Crippen LogP contribution in [0.1, 0.15) is 37.0 Å². The summed E-state index contributed by atoms with van der Waals surface area (Å²) in [6.45, 7) is 16.4. The van der Waals surface area contributed by atoms with Crippen molar-refractivity contribution in [3.05, 3.63) is 108 Å². The summed E-state index contributed by atoms with van der Waals surface area (Å²) in [5.74, 6) is 0.593. The first kappa shape index (κ1) is 49.5. The first-order valence-corrected chi connectivity index (χ1v) is 20.9. The summed E-state index contributed by atoms with van der Waals surface area (Å²) in [7, 11) is 0. The van der Waals surface area contributed by atoms with E-state index in [0.29, 0.717) is 151 Å². The van der Waals surface area contributed by atoms with Gasteiger partial charge in [-0.25, -0.2) is 0 Å². The van der Waals surface area contributed by atoms with Gasteiger partial charge in [0.05, 0.1) is 145 Å². The Labute approximate surface area is 347 Å². The van der Waals surface area contributed by atoms with Crippen LogP contribution >= 0.6 is 0 Å². The van der Waals surface area contributed by atoms with Crippen LogP contribution in [0.2, 0.25) is 0 Å². The maximum absolute atomic E-state index is 6.74. The third kappa shape index (κ3) is 22.5. The SMILES string of the molecule is CCC(C)COCCOCCOCCOCCOCCOCCOCCOCCOCCOCCOCCOC(c1ccccc1)(c1ccccc1)c1ccccc1. The van der Waals surface area contributed by atoms with Crippen molar-refractivity contribution < 1.29 is 56.8 Å². The summed E-state index contributed by atoms with van der Waals surface area (Å²) < 4.78 is 68.0. The average molecular weight is 815 g/mol. The molecule has 0 aliphatic carbocycles. The molecule has 3 aromatic carbocycles.